The van der Waals surface area contributed by atoms with Crippen LogP contribution in [0.5, 0.6) is 5.75 Å². The van der Waals surface area contributed by atoms with E-state index in [1.165, 1.54) is 12.1 Å². The van der Waals surface area contributed by atoms with E-state index in [4.69, 9.17) is 17.0 Å². The lowest BCUT2D eigenvalue weighted by Gasteiger charge is -2.13. The molecule has 0 aliphatic heterocycles. The molecule has 0 aromatic heterocycles. The van der Waals surface area contributed by atoms with E-state index in [1.807, 2.05) is 26.0 Å². The summed E-state index contributed by atoms with van der Waals surface area (Å²) in [5.74, 6) is 0.445. The molecule has 3 rings (SSSR count). The molecule has 0 saturated carbocycles. The molecule has 0 bridgehead atoms. The molecule has 0 aliphatic rings. The molecule has 3 aromatic carbocycles. The van der Waals surface area contributed by atoms with Gasteiger partial charge in [-0.15, -0.1) is 0 Å². The molecule has 33 heavy (non-hydrogen) atoms. The van der Waals surface area contributed by atoms with Gasteiger partial charge in [0.2, 0.25) is 5.91 Å². The number of anilines is 2. The van der Waals surface area contributed by atoms with E-state index < -0.39 is 10.0 Å². The molecule has 172 valence electrons. The van der Waals surface area contributed by atoms with Gasteiger partial charge in [-0.25, -0.2) is 8.42 Å². The van der Waals surface area contributed by atoms with E-state index in [-0.39, 0.29) is 22.3 Å². The number of aryl methyl sites for hydroxylation is 2. The summed E-state index contributed by atoms with van der Waals surface area (Å²) in [5, 5.41) is 5.62. The molecule has 3 aromatic rings. The van der Waals surface area contributed by atoms with Gasteiger partial charge < -0.3 is 15.4 Å². The van der Waals surface area contributed by atoms with Crippen LogP contribution < -0.4 is 20.1 Å². The Kier molecular flexibility index (Phi) is 7.67. The van der Waals surface area contributed by atoms with Gasteiger partial charge in [-0.3, -0.25) is 9.52 Å². The fourth-order valence-electron chi connectivity index (χ4n) is 3.11. The van der Waals surface area contributed by atoms with E-state index >= 15 is 0 Å². The summed E-state index contributed by atoms with van der Waals surface area (Å²) in [6.45, 7) is 3.80. The van der Waals surface area contributed by atoms with Crippen molar-refractivity contribution in [1.82, 2.24) is 5.32 Å². The molecule has 1 amide bonds. The first kappa shape index (κ1) is 24.2. The number of carbonyl (C=O) groups excluding carboxylic acids is 1. The number of methoxy groups -OCH3 is 1. The maximum absolute atomic E-state index is 12.7. The van der Waals surface area contributed by atoms with E-state index in [0.29, 0.717) is 17.1 Å². The number of sulfonamides is 1. The molecule has 0 radical (unpaired) electrons. The molecule has 0 heterocycles. The summed E-state index contributed by atoms with van der Waals surface area (Å²) in [5.41, 5.74) is 3.80. The highest BCUT2D eigenvalue weighted by atomic mass is 32.2. The number of carbonyl (C=O) groups is 1. The second kappa shape index (κ2) is 10.5. The summed E-state index contributed by atoms with van der Waals surface area (Å²) < 4.78 is 33.1. The zero-order valence-corrected chi connectivity index (χ0v) is 20.1. The molecule has 0 fully saturated rings. The van der Waals surface area contributed by atoms with Gasteiger partial charge in [0.25, 0.3) is 10.0 Å². The van der Waals surface area contributed by atoms with Crippen LogP contribution in [0.1, 0.15) is 16.7 Å². The molecule has 7 nitrogen and oxygen atoms in total. The maximum atomic E-state index is 12.7. The first-order chi connectivity index (χ1) is 15.7. The first-order valence-electron chi connectivity index (χ1n) is 10.1. The van der Waals surface area contributed by atoms with Gasteiger partial charge in [0, 0.05) is 5.69 Å². The number of hydrogen-bond acceptors (Lipinski definition) is 5. The number of rotatable bonds is 7. The van der Waals surface area contributed by atoms with Crippen LogP contribution in [0.3, 0.4) is 0 Å². The van der Waals surface area contributed by atoms with Crippen LogP contribution in [0.25, 0.3) is 0 Å². The lowest BCUT2D eigenvalue weighted by atomic mass is 10.1. The fraction of sp³-hybridized carbons (Fsp3) is 0.167. The molecule has 9 heteroatoms. The monoisotopic (exact) mass is 483 g/mol. The number of benzene rings is 3. The molecule has 0 spiro atoms. The Balaban J connectivity index is 1.57. The van der Waals surface area contributed by atoms with Crippen molar-refractivity contribution < 1.29 is 17.9 Å². The molecule has 0 aliphatic carbocycles. The third-order valence-corrected chi connectivity index (χ3v) is 6.41. The smallest absolute Gasteiger partial charge is 0.261 e. The molecule has 0 atom stereocenters. The third-order valence-electron chi connectivity index (χ3n) is 4.83. The van der Waals surface area contributed by atoms with Crippen LogP contribution in [-0.2, 0) is 21.2 Å². The fourth-order valence-corrected chi connectivity index (χ4v) is 4.47. The van der Waals surface area contributed by atoms with Crippen LogP contribution >= 0.6 is 12.2 Å². The van der Waals surface area contributed by atoms with Crippen molar-refractivity contribution in [3.63, 3.8) is 0 Å². The van der Waals surface area contributed by atoms with Crippen LogP contribution in [0.4, 0.5) is 11.4 Å². The zero-order chi connectivity index (χ0) is 24.0. The van der Waals surface area contributed by atoms with Crippen molar-refractivity contribution in [2.45, 2.75) is 25.2 Å². The Labute approximate surface area is 199 Å². The average molecular weight is 484 g/mol. The standard InChI is InChI=1S/C24H25N3O4S2/c1-16-4-13-22(17(2)14-16)27-33(29,30)21-11-7-19(8-12-21)25-24(32)26-23(28)15-18-5-9-20(31-3)10-6-18/h4-14,27H,15H2,1-3H3,(H2,25,26,28,32). The topological polar surface area (TPSA) is 96.5 Å². The van der Waals surface area contributed by atoms with Crippen molar-refractivity contribution in [1.29, 1.82) is 0 Å². The minimum Gasteiger partial charge on any atom is -0.497 e. The quantitative estimate of drug-likeness (QED) is 0.437. The average Bonchev–Trinajstić information content (AvgIpc) is 2.76. The highest BCUT2D eigenvalue weighted by Gasteiger charge is 2.15. The second-order valence-corrected chi connectivity index (χ2v) is 9.57. The van der Waals surface area contributed by atoms with Gasteiger partial charge in [0.1, 0.15) is 5.75 Å². The Morgan fingerprint density at radius 2 is 1.64 bits per heavy atom. The normalized spacial score (nSPS) is 10.9. The summed E-state index contributed by atoms with van der Waals surface area (Å²) in [7, 11) is -2.16. The van der Waals surface area contributed by atoms with E-state index in [1.54, 1.807) is 49.6 Å². The number of amides is 1. The van der Waals surface area contributed by atoms with E-state index in [2.05, 4.69) is 15.4 Å². The molecule has 0 unspecified atom stereocenters. The minimum atomic E-state index is -3.74. The molecule has 0 saturated heterocycles. The maximum Gasteiger partial charge on any atom is 0.261 e. The predicted octanol–water partition coefficient (Wildman–Crippen LogP) is 4.17. The second-order valence-electron chi connectivity index (χ2n) is 7.48. The highest BCUT2D eigenvalue weighted by molar-refractivity contribution is 7.92. The Hall–Kier alpha value is -3.43. The zero-order valence-electron chi connectivity index (χ0n) is 18.5. The summed E-state index contributed by atoms with van der Waals surface area (Å²) in [4.78, 5) is 12.3. The highest BCUT2D eigenvalue weighted by Crippen LogP contribution is 2.22. The first-order valence-corrected chi connectivity index (χ1v) is 12.0. The van der Waals surface area contributed by atoms with Gasteiger partial charge in [-0.2, -0.15) is 0 Å². The number of hydrogen-bond donors (Lipinski definition) is 3. The van der Waals surface area contributed by atoms with E-state index in [9.17, 15) is 13.2 Å². The Morgan fingerprint density at radius 3 is 2.24 bits per heavy atom. The Morgan fingerprint density at radius 1 is 0.970 bits per heavy atom. The lowest BCUT2D eigenvalue weighted by molar-refractivity contribution is -0.119. The summed E-state index contributed by atoms with van der Waals surface area (Å²) >= 11 is 5.19. The summed E-state index contributed by atoms with van der Waals surface area (Å²) in [6, 6.07) is 18.8. The number of ether oxygens (including phenoxy) is 1. The van der Waals surface area contributed by atoms with Crippen LogP contribution in [0.2, 0.25) is 0 Å². The number of thiocarbonyl (C=S) groups is 1. The van der Waals surface area contributed by atoms with Crippen molar-refractivity contribution in [2.75, 3.05) is 17.1 Å². The van der Waals surface area contributed by atoms with Crippen molar-refractivity contribution in [3.8, 4) is 5.75 Å². The van der Waals surface area contributed by atoms with Crippen molar-refractivity contribution in [3.05, 3.63) is 83.4 Å². The minimum absolute atomic E-state index is 0.113. The molecule has 3 N–H and O–H groups in total. The van der Waals surface area contributed by atoms with Crippen molar-refractivity contribution in [2.24, 2.45) is 0 Å². The van der Waals surface area contributed by atoms with Crippen LogP contribution in [0, 0.1) is 13.8 Å². The van der Waals surface area contributed by atoms with Crippen LogP contribution in [-0.4, -0.2) is 26.5 Å². The van der Waals surface area contributed by atoms with E-state index in [0.717, 1.165) is 16.7 Å². The van der Waals surface area contributed by atoms with Gasteiger partial charge in [0.05, 0.1) is 24.1 Å². The molecular weight excluding hydrogens is 458 g/mol. The van der Waals surface area contributed by atoms with Gasteiger partial charge in [-0.1, -0.05) is 29.8 Å². The van der Waals surface area contributed by atoms with Crippen molar-refractivity contribution >= 4 is 44.6 Å². The molecular formula is C24H25N3O4S2. The van der Waals surface area contributed by atoms with Gasteiger partial charge in [-0.05, 0) is 79.7 Å². The van der Waals surface area contributed by atoms with Gasteiger partial charge >= 0.3 is 0 Å². The number of nitrogens with one attached hydrogen (secondary N) is 3. The van der Waals surface area contributed by atoms with Gasteiger partial charge in [0.15, 0.2) is 5.11 Å². The summed E-state index contributed by atoms with van der Waals surface area (Å²) in [6.07, 6.45) is 0.160. The van der Waals surface area contributed by atoms with Crippen LogP contribution in [0.15, 0.2) is 71.6 Å². The lowest BCUT2D eigenvalue weighted by Crippen LogP contribution is -2.35. The predicted molar refractivity (Wildman–Crippen MR) is 134 cm³/mol. The largest absolute Gasteiger partial charge is 0.497 e. The Bertz CT molecular complexity index is 1260. The SMILES string of the molecule is COc1ccc(CC(=O)NC(=S)Nc2ccc(S(=O)(=O)Nc3ccc(C)cc3C)cc2)cc1. The third kappa shape index (κ3) is 6.77.